The summed E-state index contributed by atoms with van der Waals surface area (Å²) in [6, 6.07) is 20.1. The maximum atomic E-state index is 12.8. The van der Waals surface area contributed by atoms with E-state index in [1.54, 1.807) is 31.4 Å². The van der Waals surface area contributed by atoms with E-state index in [9.17, 15) is 14.9 Å². The molecule has 5 aromatic rings. The van der Waals surface area contributed by atoms with E-state index in [0.29, 0.717) is 28.0 Å². The Morgan fingerprint density at radius 2 is 1.77 bits per heavy atom. The van der Waals surface area contributed by atoms with Crippen LogP contribution in [0, 0.1) is 17.0 Å². The van der Waals surface area contributed by atoms with Crippen molar-refractivity contribution in [1.82, 2.24) is 15.0 Å². The number of nitrogens with zero attached hydrogens (tertiary/aromatic N) is 4. The molecule has 0 bridgehead atoms. The van der Waals surface area contributed by atoms with Crippen LogP contribution in [0.3, 0.4) is 0 Å². The summed E-state index contributed by atoms with van der Waals surface area (Å²) in [5, 5.41) is 22.9. The minimum atomic E-state index is -0.482. The minimum Gasteiger partial charge on any atom is -0.497 e. The highest BCUT2D eigenvalue weighted by molar-refractivity contribution is 6.04. The van der Waals surface area contributed by atoms with Gasteiger partial charge in [-0.3, -0.25) is 14.9 Å². The molecule has 10 nitrogen and oxygen atoms in total. The van der Waals surface area contributed by atoms with Crippen LogP contribution in [-0.4, -0.2) is 32.9 Å². The Hall–Kier alpha value is -4.99. The van der Waals surface area contributed by atoms with Crippen LogP contribution in [-0.2, 0) is 0 Å². The number of nitro benzene ring substituents is 1. The van der Waals surface area contributed by atoms with Gasteiger partial charge < -0.3 is 14.5 Å². The zero-order valence-corrected chi connectivity index (χ0v) is 18.8. The number of fused-ring (bicyclic) bond motifs is 1. The van der Waals surface area contributed by atoms with Crippen LogP contribution in [0.25, 0.3) is 28.0 Å². The van der Waals surface area contributed by atoms with Crippen LogP contribution in [0.1, 0.15) is 16.1 Å². The number of carbonyl (C=O) groups excluding carboxylic acids is 1. The van der Waals surface area contributed by atoms with Crippen LogP contribution in [0.15, 0.2) is 77.2 Å². The molecule has 5 rings (SSSR count). The lowest BCUT2D eigenvalue weighted by Crippen LogP contribution is -2.11. The molecule has 0 aliphatic heterocycles. The molecule has 0 radical (unpaired) electrons. The normalized spacial score (nSPS) is 10.9. The maximum absolute atomic E-state index is 12.8. The fourth-order valence-electron chi connectivity index (χ4n) is 3.61. The summed E-state index contributed by atoms with van der Waals surface area (Å²) < 4.78 is 10.9. The number of amides is 1. The highest BCUT2D eigenvalue weighted by Crippen LogP contribution is 2.27. The van der Waals surface area contributed by atoms with Crippen molar-refractivity contribution in [3.05, 3.63) is 94.2 Å². The second-order valence-electron chi connectivity index (χ2n) is 7.77. The van der Waals surface area contributed by atoms with Crippen LogP contribution >= 0.6 is 0 Å². The number of non-ortho nitro benzene ring substituents is 1. The lowest BCUT2D eigenvalue weighted by molar-refractivity contribution is -0.384. The number of rotatable bonds is 6. The predicted molar refractivity (Wildman–Crippen MR) is 129 cm³/mol. The van der Waals surface area contributed by atoms with Gasteiger partial charge in [-0.05, 0) is 61.0 Å². The molecule has 10 heteroatoms. The van der Waals surface area contributed by atoms with Crippen molar-refractivity contribution in [2.24, 2.45) is 0 Å². The average Bonchev–Trinajstić information content (AvgIpc) is 3.52. The molecule has 0 fully saturated rings. The molecule has 0 spiro atoms. The molecule has 0 atom stereocenters. The third-order valence-corrected chi connectivity index (χ3v) is 5.45. The fourth-order valence-corrected chi connectivity index (χ4v) is 3.61. The molecule has 0 aliphatic rings. The van der Waals surface area contributed by atoms with Gasteiger partial charge in [0.05, 0.1) is 17.7 Å². The van der Waals surface area contributed by atoms with E-state index < -0.39 is 10.8 Å². The van der Waals surface area contributed by atoms with Crippen molar-refractivity contribution >= 4 is 28.3 Å². The van der Waals surface area contributed by atoms with Crippen LogP contribution < -0.4 is 10.1 Å². The summed E-state index contributed by atoms with van der Waals surface area (Å²) >= 11 is 0. The van der Waals surface area contributed by atoms with Gasteiger partial charge in [0, 0.05) is 23.4 Å². The summed E-state index contributed by atoms with van der Waals surface area (Å²) in [5.41, 5.74) is 3.88. The van der Waals surface area contributed by atoms with Crippen molar-refractivity contribution in [3.8, 4) is 22.8 Å². The van der Waals surface area contributed by atoms with Crippen molar-refractivity contribution in [2.75, 3.05) is 12.4 Å². The molecule has 0 saturated carbocycles. The summed E-state index contributed by atoms with van der Waals surface area (Å²) in [6.07, 6.45) is 0. The van der Waals surface area contributed by atoms with Gasteiger partial charge in [-0.15, -0.1) is 10.2 Å². The standard InChI is InChI=1S/C25H19N5O5/c1-15-12-21-22(28-29(27-21)17-6-8-19(34-2)9-7-17)14-20(15)26-25(31)24-11-10-23(35-24)16-4-3-5-18(13-16)30(32)33/h3-14H,1-2H3,(H,26,31). The van der Waals surface area contributed by atoms with E-state index in [-0.39, 0.29) is 11.4 Å². The topological polar surface area (TPSA) is 125 Å². The molecule has 2 heterocycles. The third kappa shape index (κ3) is 4.32. The van der Waals surface area contributed by atoms with Gasteiger partial charge in [0.1, 0.15) is 22.5 Å². The molecule has 2 aromatic heterocycles. The van der Waals surface area contributed by atoms with Crippen molar-refractivity contribution < 1.29 is 18.9 Å². The molecular formula is C25H19N5O5. The van der Waals surface area contributed by atoms with E-state index in [4.69, 9.17) is 9.15 Å². The van der Waals surface area contributed by atoms with Crippen molar-refractivity contribution in [1.29, 1.82) is 0 Å². The number of ether oxygens (including phenoxy) is 1. The van der Waals surface area contributed by atoms with E-state index in [2.05, 4.69) is 15.5 Å². The molecule has 0 unspecified atom stereocenters. The van der Waals surface area contributed by atoms with Crippen molar-refractivity contribution in [3.63, 3.8) is 0 Å². The van der Waals surface area contributed by atoms with Gasteiger partial charge in [0.15, 0.2) is 5.76 Å². The van der Waals surface area contributed by atoms with Crippen LogP contribution in [0.5, 0.6) is 5.75 Å². The first kappa shape index (κ1) is 21.8. The lowest BCUT2D eigenvalue weighted by Gasteiger charge is -2.06. The third-order valence-electron chi connectivity index (χ3n) is 5.45. The Labute approximate surface area is 198 Å². The number of furan rings is 1. The van der Waals surface area contributed by atoms with E-state index >= 15 is 0 Å². The number of hydrogen-bond donors (Lipinski definition) is 1. The number of hydrogen-bond acceptors (Lipinski definition) is 7. The minimum absolute atomic E-state index is 0.0588. The second kappa shape index (κ2) is 8.75. The first-order valence-electron chi connectivity index (χ1n) is 10.6. The van der Waals surface area contributed by atoms with Gasteiger partial charge in [-0.25, -0.2) is 0 Å². The van der Waals surface area contributed by atoms with E-state index in [0.717, 1.165) is 17.0 Å². The number of benzene rings is 3. The first-order valence-corrected chi connectivity index (χ1v) is 10.6. The zero-order chi connectivity index (χ0) is 24.5. The van der Waals surface area contributed by atoms with Crippen molar-refractivity contribution in [2.45, 2.75) is 6.92 Å². The number of methoxy groups -OCH3 is 1. The highest BCUT2D eigenvalue weighted by atomic mass is 16.6. The number of aryl methyl sites for hydroxylation is 1. The molecule has 0 aliphatic carbocycles. The Morgan fingerprint density at radius 1 is 1.03 bits per heavy atom. The molecule has 174 valence electrons. The number of carbonyl (C=O) groups is 1. The Bertz CT molecular complexity index is 1570. The summed E-state index contributed by atoms with van der Waals surface area (Å²) in [5.74, 6) is 0.714. The zero-order valence-electron chi connectivity index (χ0n) is 18.8. The van der Waals surface area contributed by atoms with Gasteiger partial charge in [-0.1, -0.05) is 12.1 Å². The SMILES string of the molecule is COc1ccc(-n2nc3cc(C)c(NC(=O)c4ccc(-c5cccc([N+](=O)[O-])c5)o4)cc3n2)cc1. The average molecular weight is 469 g/mol. The lowest BCUT2D eigenvalue weighted by atomic mass is 10.1. The van der Waals surface area contributed by atoms with Gasteiger partial charge in [-0.2, -0.15) is 4.80 Å². The van der Waals surface area contributed by atoms with E-state index in [1.807, 2.05) is 37.3 Å². The maximum Gasteiger partial charge on any atom is 0.291 e. The van der Waals surface area contributed by atoms with E-state index in [1.165, 1.54) is 23.0 Å². The Kier molecular flexibility index (Phi) is 5.46. The predicted octanol–water partition coefficient (Wildman–Crippen LogP) is 5.16. The fraction of sp³-hybridized carbons (Fsp3) is 0.0800. The molecule has 3 aromatic carbocycles. The number of aromatic nitrogens is 3. The first-order chi connectivity index (χ1) is 16.9. The Balaban J connectivity index is 1.38. The van der Waals surface area contributed by atoms with Gasteiger partial charge >= 0.3 is 0 Å². The summed E-state index contributed by atoms with van der Waals surface area (Å²) in [7, 11) is 1.60. The van der Waals surface area contributed by atoms with Gasteiger partial charge in [0.25, 0.3) is 11.6 Å². The monoisotopic (exact) mass is 469 g/mol. The molecule has 0 saturated heterocycles. The van der Waals surface area contributed by atoms with Crippen LogP contribution in [0.4, 0.5) is 11.4 Å². The Morgan fingerprint density at radius 3 is 2.49 bits per heavy atom. The molecule has 1 amide bonds. The second-order valence-corrected chi connectivity index (χ2v) is 7.77. The molecule has 35 heavy (non-hydrogen) atoms. The summed E-state index contributed by atoms with van der Waals surface area (Å²) in [6.45, 7) is 1.86. The smallest absolute Gasteiger partial charge is 0.291 e. The molecule has 1 N–H and O–H groups in total. The highest BCUT2D eigenvalue weighted by Gasteiger charge is 2.16. The number of anilines is 1. The largest absolute Gasteiger partial charge is 0.497 e. The summed E-state index contributed by atoms with van der Waals surface area (Å²) in [4.78, 5) is 24.9. The van der Waals surface area contributed by atoms with Crippen LogP contribution in [0.2, 0.25) is 0 Å². The van der Waals surface area contributed by atoms with Gasteiger partial charge in [0.2, 0.25) is 0 Å². The number of nitrogens with one attached hydrogen (secondary N) is 1. The molecular weight excluding hydrogens is 450 g/mol. The quantitative estimate of drug-likeness (QED) is 0.269. The number of nitro groups is 1.